The molecule has 0 aromatic carbocycles. The van der Waals surface area contributed by atoms with Crippen LogP contribution in [0.1, 0.15) is 37.0 Å². The van der Waals surface area contributed by atoms with E-state index in [4.69, 9.17) is 4.42 Å². The van der Waals surface area contributed by atoms with Crippen molar-refractivity contribution < 1.29 is 4.42 Å². The van der Waals surface area contributed by atoms with Gasteiger partial charge in [-0.3, -0.25) is 0 Å². The van der Waals surface area contributed by atoms with Crippen LogP contribution < -0.4 is 5.32 Å². The Morgan fingerprint density at radius 1 is 1.29 bits per heavy atom. The van der Waals surface area contributed by atoms with Gasteiger partial charge in [-0.15, -0.1) is 0 Å². The third kappa shape index (κ3) is 4.56. The molecule has 2 aliphatic rings. The zero-order valence-corrected chi connectivity index (χ0v) is 13.5. The average molecular weight is 291 g/mol. The summed E-state index contributed by atoms with van der Waals surface area (Å²) in [6.07, 6.45) is 7.16. The number of likely N-dealkylation sites (tertiary alicyclic amines) is 1. The van der Waals surface area contributed by atoms with E-state index in [1.165, 1.54) is 50.9 Å². The standard InChI is InChI=1S/C17H29N3O/c1-19-8-5-14(6-9-19)12-20(2)13-15-7-10-21-17(15)11-18-16-3-4-16/h7,10,14,16,18H,3-6,8-9,11-13H2,1-2H3. The number of nitrogens with zero attached hydrogens (tertiary/aromatic N) is 2. The first-order valence-corrected chi connectivity index (χ1v) is 8.36. The van der Waals surface area contributed by atoms with Gasteiger partial charge in [-0.2, -0.15) is 0 Å². The first-order chi connectivity index (χ1) is 10.2. The Bertz CT molecular complexity index is 433. The first kappa shape index (κ1) is 15.1. The van der Waals surface area contributed by atoms with Gasteiger partial charge in [0.2, 0.25) is 0 Å². The second kappa shape index (κ2) is 6.95. The summed E-state index contributed by atoms with van der Waals surface area (Å²) in [6, 6.07) is 2.87. The van der Waals surface area contributed by atoms with Crippen LogP contribution in [0.3, 0.4) is 0 Å². The summed E-state index contributed by atoms with van der Waals surface area (Å²) in [4.78, 5) is 4.90. The van der Waals surface area contributed by atoms with Crippen LogP contribution in [0.2, 0.25) is 0 Å². The first-order valence-electron chi connectivity index (χ1n) is 8.36. The van der Waals surface area contributed by atoms with Gasteiger partial charge in [-0.25, -0.2) is 0 Å². The minimum atomic E-state index is 0.736. The van der Waals surface area contributed by atoms with Gasteiger partial charge < -0.3 is 19.5 Å². The maximum atomic E-state index is 5.65. The summed E-state index contributed by atoms with van der Waals surface area (Å²) in [5.41, 5.74) is 1.35. The summed E-state index contributed by atoms with van der Waals surface area (Å²) in [5, 5.41) is 3.54. The fourth-order valence-corrected chi connectivity index (χ4v) is 3.23. The molecule has 0 amide bonds. The third-order valence-corrected chi connectivity index (χ3v) is 4.81. The highest BCUT2D eigenvalue weighted by Crippen LogP contribution is 2.22. The van der Waals surface area contributed by atoms with Crippen LogP contribution in [0.5, 0.6) is 0 Å². The molecule has 1 saturated heterocycles. The lowest BCUT2D eigenvalue weighted by Crippen LogP contribution is -2.35. The van der Waals surface area contributed by atoms with Gasteiger partial charge in [-0.05, 0) is 64.9 Å². The molecular weight excluding hydrogens is 262 g/mol. The van der Waals surface area contributed by atoms with Crippen LogP contribution in [0, 0.1) is 5.92 Å². The molecule has 3 rings (SSSR count). The van der Waals surface area contributed by atoms with Crippen LogP contribution in [-0.4, -0.2) is 49.6 Å². The van der Waals surface area contributed by atoms with Crippen molar-refractivity contribution in [1.29, 1.82) is 0 Å². The minimum absolute atomic E-state index is 0.736. The quantitative estimate of drug-likeness (QED) is 0.835. The van der Waals surface area contributed by atoms with E-state index in [1.807, 2.05) is 6.26 Å². The molecule has 1 aromatic heterocycles. The average Bonchev–Trinajstić information content (AvgIpc) is 3.20. The highest BCUT2D eigenvalue weighted by molar-refractivity contribution is 5.17. The van der Waals surface area contributed by atoms with Crippen molar-refractivity contribution in [3.8, 4) is 0 Å². The van der Waals surface area contributed by atoms with Gasteiger partial charge in [0.05, 0.1) is 12.8 Å². The van der Waals surface area contributed by atoms with E-state index in [1.54, 1.807) is 0 Å². The Morgan fingerprint density at radius 3 is 2.76 bits per heavy atom. The number of nitrogens with one attached hydrogen (secondary N) is 1. The topological polar surface area (TPSA) is 31.6 Å². The van der Waals surface area contributed by atoms with Crippen LogP contribution in [0.25, 0.3) is 0 Å². The molecule has 2 fully saturated rings. The fraction of sp³-hybridized carbons (Fsp3) is 0.765. The Morgan fingerprint density at radius 2 is 2.05 bits per heavy atom. The lowest BCUT2D eigenvalue weighted by Gasteiger charge is -2.31. The number of rotatable bonds is 7. The highest BCUT2D eigenvalue weighted by atomic mass is 16.3. The molecule has 1 aliphatic heterocycles. The number of hydrogen-bond donors (Lipinski definition) is 1. The molecule has 118 valence electrons. The smallest absolute Gasteiger partial charge is 0.122 e. The predicted molar refractivity (Wildman–Crippen MR) is 85.1 cm³/mol. The van der Waals surface area contributed by atoms with E-state index in [2.05, 4.69) is 35.3 Å². The van der Waals surface area contributed by atoms with Crippen molar-refractivity contribution in [3.05, 3.63) is 23.7 Å². The SMILES string of the molecule is CN1CCC(CN(C)Cc2ccoc2CNC2CC2)CC1. The Hall–Kier alpha value is -0.840. The highest BCUT2D eigenvalue weighted by Gasteiger charge is 2.22. The van der Waals surface area contributed by atoms with E-state index in [-0.39, 0.29) is 0 Å². The van der Waals surface area contributed by atoms with E-state index in [0.717, 1.165) is 30.8 Å². The minimum Gasteiger partial charge on any atom is -0.468 e. The summed E-state index contributed by atoms with van der Waals surface area (Å²) in [5.74, 6) is 1.98. The van der Waals surface area contributed by atoms with Crippen LogP contribution >= 0.6 is 0 Å². The molecule has 0 unspecified atom stereocenters. The van der Waals surface area contributed by atoms with Crippen molar-refractivity contribution in [3.63, 3.8) is 0 Å². The van der Waals surface area contributed by atoms with Crippen molar-refractivity contribution in [2.45, 2.75) is 44.8 Å². The summed E-state index contributed by atoms with van der Waals surface area (Å²) >= 11 is 0. The maximum absolute atomic E-state index is 5.65. The van der Waals surface area contributed by atoms with E-state index in [9.17, 15) is 0 Å². The molecule has 0 spiro atoms. The lowest BCUT2D eigenvalue weighted by molar-refractivity contribution is 0.173. The van der Waals surface area contributed by atoms with Gasteiger partial charge in [0.15, 0.2) is 0 Å². The molecule has 1 saturated carbocycles. The molecule has 21 heavy (non-hydrogen) atoms. The van der Waals surface area contributed by atoms with Gasteiger partial charge in [0, 0.05) is 24.7 Å². The number of piperidine rings is 1. The molecule has 4 nitrogen and oxygen atoms in total. The number of hydrogen-bond acceptors (Lipinski definition) is 4. The Labute approximate surface area is 128 Å². The largest absolute Gasteiger partial charge is 0.468 e. The van der Waals surface area contributed by atoms with Crippen molar-refractivity contribution in [2.75, 3.05) is 33.7 Å². The second-order valence-electron chi connectivity index (χ2n) is 6.97. The number of furan rings is 1. The molecular formula is C17H29N3O. The molecule has 1 N–H and O–H groups in total. The molecule has 1 aromatic rings. The molecule has 2 heterocycles. The van der Waals surface area contributed by atoms with Gasteiger partial charge in [-0.1, -0.05) is 0 Å². The fourth-order valence-electron chi connectivity index (χ4n) is 3.23. The molecule has 0 radical (unpaired) electrons. The monoisotopic (exact) mass is 291 g/mol. The summed E-state index contributed by atoms with van der Waals surface area (Å²) < 4.78 is 5.65. The van der Waals surface area contributed by atoms with E-state index < -0.39 is 0 Å². The Kier molecular flexibility index (Phi) is 4.99. The van der Waals surface area contributed by atoms with Crippen LogP contribution in [-0.2, 0) is 13.1 Å². The Balaban J connectivity index is 1.45. The molecule has 1 aliphatic carbocycles. The van der Waals surface area contributed by atoms with Crippen LogP contribution in [0.4, 0.5) is 0 Å². The van der Waals surface area contributed by atoms with Crippen molar-refractivity contribution in [2.24, 2.45) is 5.92 Å². The summed E-state index contributed by atoms with van der Waals surface area (Å²) in [7, 11) is 4.47. The molecule has 0 atom stereocenters. The molecule has 0 bridgehead atoms. The maximum Gasteiger partial charge on any atom is 0.122 e. The zero-order valence-electron chi connectivity index (χ0n) is 13.5. The zero-order chi connectivity index (χ0) is 14.7. The third-order valence-electron chi connectivity index (χ3n) is 4.81. The van der Waals surface area contributed by atoms with Gasteiger partial charge in [0.1, 0.15) is 5.76 Å². The predicted octanol–water partition coefficient (Wildman–Crippen LogP) is 2.31. The van der Waals surface area contributed by atoms with Gasteiger partial charge >= 0.3 is 0 Å². The van der Waals surface area contributed by atoms with E-state index >= 15 is 0 Å². The molecule has 4 heteroatoms. The van der Waals surface area contributed by atoms with Gasteiger partial charge in [0.25, 0.3) is 0 Å². The second-order valence-corrected chi connectivity index (χ2v) is 6.97. The van der Waals surface area contributed by atoms with Crippen LogP contribution in [0.15, 0.2) is 16.7 Å². The van der Waals surface area contributed by atoms with E-state index in [0.29, 0.717) is 0 Å². The van der Waals surface area contributed by atoms with Crippen molar-refractivity contribution >= 4 is 0 Å². The summed E-state index contributed by atoms with van der Waals surface area (Å²) in [6.45, 7) is 5.59. The van der Waals surface area contributed by atoms with Crippen molar-refractivity contribution in [1.82, 2.24) is 15.1 Å². The normalized spacial score (nSPS) is 21.3. The lowest BCUT2D eigenvalue weighted by atomic mass is 9.96.